The fourth-order valence-corrected chi connectivity index (χ4v) is 6.32. The highest BCUT2D eigenvalue weighted by Gasteiger charge is 2.26. The number of aromatic nitrogens is 2. The summed E-state index contributed by atoms with van der Waals surface area (Å²) in [7, 11) is 3.72. The van der Waals surface area contributed by atoms with E-state index >= 15 is 0 Å². The lowest BCUT2D eigenvalue weighted by molar-refractivity contribution is 0.255. The van der Waals surface area contributed by atoms with Crippen LogP contribution in [0, 0.1) is 25.5 Å². The third-order valence-corrected chi connectivity index (χ3v) is 8.26. The molecule has 5 nitrogen and oxygen atoms in total. The second-order valence-corrected chi connectivity index (χ2v) is 10.7. The summed E-state index contributed by atoms with van der Waals surface area (Å²) in [6.45, 7) is 5.82. The molecule has 1 aliphatic heterocycles. The van der Waals surface area contributed by atoms with Gasteiger partial charge in [-0.15, -0.1) is 11.3 Å². The van der Waals surface area contributed by atoms with Crippen LogP contribution in [0.4, 0.5) is 8.78 Å². The van der Waals surface area contributed by atoms with Crippen LogP contribution < -0.4 is 10.3 Å². The average molecular weight is 522 g/mol. The first kappa shape index (κ1) is 25.3. The Bertz CT molecular complexity index is 1500. The quantitative estimate of drug-likeness (QED) is 0.308. The van der Waals surface area contributed by atoms with Gasteiger partial charge in [0, 0.05) is 35.4 Å². The average Bonchev–Trinajstić information content (AvgIpc) is 3.30. The number of halogens is 2. The van der Waals surface area contributed by atoms with E-state index in [4.69, 9.17) is 9.72 Å². The highest BCUT2D eigenvalue weighted by Crippen LogP contribution is 2.42. The minimum absolute atomic E-state index is 0.180. The van der Waals surface area contributed by atoms with E-state index < -0.39 is 11.6 Å². The van der Waals surface area contributed by atoms with Gasteiger partial charge in [-0.05, 0) is 88.3 Å². The van der Waals surface area contributed by atoms with E-state index in [2.05, 4.69) is 11.9 Å². The highest BCUT2D eigenvalue weighted by atomic mass is 32.1. The molecule has 1 aliphatic rings. The number of rotatable bonds is 5. The number of likely N-dealkylation sites (tertiary alicyclic amines) is 1. The smallest absolute Gasteiger partial charge is 0.255 e. The van der Waals surface area contributed by atoms with Crippen molar-refractivity contribution in [1.82, 2.24) is 14.5 Å². The molecule has 0 spiro atoms. The topological polar surface area (TPSA) is 47.4 Å². The molecule has 0 aliphatic carbocycles. The molecule has 37 heavy (non-hydrogen) atoms. The Kier molecular flexibility index (Phi) is 6.96. The summed E-state index contributed by atoms with van der Waals surface area (Å²) in [5.74, 6) is -0.259. The molecule has 0 bridgehead atoms. The van der Waals surface area contributed by atoms with Crippen LogP contribution >= 0.6 is 11.3 Å². The fraction of sp³-hybridized carbons (Fsp3) is 0.310. The van der Waals surface area contributed by atoms with Crippen molar-refractivity contribution in [3.8, 4) is 33.1 Å². The van der Waals surface area contributed by atoms with Crippen LogP contribution in [0.2, 0.25) is 0 Å². The van der Waals surface area contributed by atoms with Gasteiger partial charge in [0.25, 0.3) is 5.56 Å². The summed E-state index contributed by atoms with van der Waals surface area (Å²) in [5.41, 5.74) is 3.98. The molecule has 0 N–H and O–H groups in total. The van der Waals surface area contributed by atoms with Gasteiger partial charge >= 0.3 is 0 Å². The van der Waals surface area contributed by atoms with E-state index in [1.165, 1.54) is 29.5 Å². The number of methoxy groups -OCH3 is 1. The summed E-state index contributed by atoms with van der Waals surface area (Å²) in [6.07, 6.45) is 3.71. The van der Waals surface area contributed by atoms with E-state index in [1.807, 2.05) is 26.0 Å². The number of ether oxygens (including phenoxy) is 1. The van der Waals surface area contributed by atoms with Crippen molar-refractivity contribution in [3.63, 3.8) is 0 Å². The molecule has 0 unspecified atom stereocenters. The number of hydrogen-bond donors (Lipinski definition) is 0. The predicted octanol–water partition coefficient (Wildman–Crippen LogP) is 6.34. The molecule has 0 amide bonds. The summed E-state index contributed by atoms with van der Waals surface area (Å²) >= 11 is 1.46. The lowest BCUT2D eigenvalue weighted by atomic mass is 9.98. The Morgan fingerprint density at radius 1 is 1.03 bits per heavy atom. The standard InChI is InChI=1S/C29H29F2N3O2S/c1-17-13-22(36-4)14-18(2)27(17)34-16-20(5-8-25(34)35)26-28(23-7-6-21(30)15-24(23)31)37-29(32-26)19-9-11-33(3)12-10-19/h5-8,13-16,19H,9-12H2,1-4H3. The molecule has 3 heterocycles. The van der Waals surface area contributed by atoms with Gasteiger partial charge in [-0.2, -0.15) is 0 Å². The molecule has 0 saturated carbocycles. The maximum atomic E-state index is 15.0. The van der Waals surface area contributed by atoms with Gasteiger partial charge < -0.3 is 9.64 Å². The fourth-order valence-electron chi connectivity index (χ4n) is 5.03. The number of piperidine rings is 1. The molecule has 4 aromatic rings. The zero-order chi connectivity index (χ0) is 26.3. The van der Waals surface area contributed by atoms with E-state index in [0.29, 0.717) is 21.7 Å². The molecule has 2 aromatic heterocycles. The van der Waals surface area contributed by atoms with Gasteiger partial charge in [-0.25, -0.2) is 13.8 Å². The SMILES string of the molecule is COc1cc(C)c(-n2cc(-c3nc(C4CCN(C)CC4)sc3-c3ccc(F)cc3F)ccc2=O)c(C)c1. The van der Waals surface area contributed by atoms with Crippen LogP contribution in [0.15, 0.2) is 53.5 Å². The maximum absolute atomic E-state index is 15.0. The molecule has 0 atom stereocenters. The van der Waals surface area contributed by atoms with E-state index in [0.717, 1.165) is 59.6 Å². The van der Waals surface area contributed by atoms with Crippen LogP contribution in [0.5, 0.6) is 5.75 Å². The van der Waals surface area contributed by atoms with Crippen molar-refractivity contribution in [1.29, 1.82) is 0 Å². The van der Waals surface area contributed by atoms with Gasteiger partial charge in [-0.1, -0.05) is 0 Å². The molecular formula is C29H29F2N3O2S. The Morgan fingerprint density at radius 2 is 1.73 bits per heavy atom. The predicted molar refractivity (Wildman–Crippen MR) is 144 cm³/mol. The number of thiazole rings is 1. The van der Waals surface area contributed by atoms with Crippen LogP contribution in [-0.2, 0) is 0 Å². The molecule has 5 rings (SSSR count). The lowest BCUT2D eigenvalue weighted by Crippen LogP contribution is -2.29. The number of aryl methyl sites for hydroxylation is 2. The van der Waals surface area contributed by atoms with Gasteiger partial charge in [-0.3, -0.25) is 9.36 Å². The van der Waals surface area contributed by atoms with Gasteiger partial charge in [0.2, 0.25) is 0 Å². The first-order valence-electron chi connectivity index (χ1n) is 12.3. The maximum Gasteiger partial charge on any atom is 0.255 e. The van der Waals surface area contributed by atoms with Crippen molar-refractivity contribution in [2.75, 3.05) is 27.2 Å². The summed E-state index contributed by atoms with van der Waals surface area (Å²) in [5, 5.41) is 0.941. The summed E-state index contributed by atoms with van der Waals surface area (Å²) in [6, 6.07) is 10.7. The molecule has 8 heteroatoms. The third kappa shape index (κ3) is 4.95. The van der Waals surface area contributed by atoms with E-state index in [1.54, 1.807) is 23.9 Å². The Labute approximate surface area is 219 Å². The van der Waals surface area contributed by atoms with Gasteiger partial charge in [0.1, 0.15) is 17.4 Å². The largest absolute Gasteiger partial charge is 0.497 e. The Hall–Kier alpha value is -3.36. The van der Waals surface area contributed by atoms with E-state index in [9.17, 15) is 13.6 Å². The third-order valence-electron chi connectivity index (χ3n) is 7.01. The number of benzene rings is 2. The number of hydrogen-bond acceptors (Lipinski definition) is 5. The monoisotopic (exact) mass is 521 g/mol. The highest BCUT2D eigenvalue weighted by molar-refractivity contribution is 7.15. The molecule has 1 fully saturated rings. The number of nitrogens with zero attached hydrogens (tertiary/aromatic N) is 3. The van der Waals surface area contributed by atoms with Gasteiger partial charge in [0.15, 0.2) is 0 Å². The normalized spacial score (nSPS) is 14.8. The zero-order valence-corrected chi connectivity index (χ0v) is 22.2. The molecular weight excluding hydrogens is 492 g/mol. The lowest BCUT2D eigenvalue weighted by Gasteiger charge is -2.27. The molecule has 2 aromatic carbocycles. The van der Waals surface area contributed by atoms with Crippen LogP contribution in [-0.4, -0.2) is 41.7 Å². The van der Waals surface area contributed by atoms with Crippen molar-refractivity contribution in [3.05, 3.63) is 86.8 Å². The molecule has 0 radical (unpaired) electrons. The van der Waals surface area contributed by atoms with Crippen molar-refractivity contribution >= 4 is 11.3 Å². The molecule has 192 valence electrons. The van der Waals surface area contributed by atoms with Crippen LogP contribution in [0.1, 0.15) is 34.9 Å². The Morgan fingerprint density at radius 3 is 2.38 bits per heavy atom. The number of pyridine rings is 1. The first-order valence-corrected chi connectivity index (χ1v) is 13.1. The first-order chi connectivity index (χ1) is 17.7. The second-order valence-electron chi connectivity index (χ2n) is 9.67. The summed E-state index contributed by atoms with van der Waals surface area (Å²) < 4.78 is 35.7. The summed E-state index contributed by atoms with van der Waals surface area (Å²) in [4.78, 5) is 20.9. The van der Waals surface area contributed by atoms with Crippen molar-refractivity contribution in [2.24, 2.45) is 0 Å². The van der Waals surface area contributed by atoms with Crippen molar-refractivity contribution in [2.45, 2.75) is 32.6 Å². The Balaban J connectivity index is 1.67. The van der Waals surface area contributed by atoms with Crippen LogP contribution in [0.25, 0.3) is 27.4 Å². The second kappa shape index (κ2) is 10.2. The van der Waals surface area contributed by atoms with Gasteiger partial charge in [0.05, 0.1) is 28.4 Å². The minimum atomic E-state index is -0.630. The zero-order valence-electron chi connectivity index (χ0n) is 21.3. The molecule has 1 saturated heterocycles. The van der Waals surface area contributed by atoms with Crippen molar-refractivity contribution < 1.29 is 13.5 Å². The van der Waals surface area contributed by atoms with E-state index in [-0.39, 0.29) is 11.5 Å². The minimum Gasteiger partial charge on any atom is -0.497 e. The van der Waals surface area contributed by atoms with Crippen LogP contribution in [0.3, 0.4) is 0 Å².